The summed E-state index contributed by atoms with van der Waals surface area (Å²) in [5, 5.41) is 0.610. The summed E-state index contributed by atoms with van der Waals surface area (Å²) in [5.74, 6) is 0. The Morgan fingerprint density at radius 2 is 2.18 bits per heavy atom. The van der Waals surface area contributed by atoms with Gasteiger partial charge in [0.1, 0.15) is 0 Å². The third-order valence-electron chi connectivity index (χ3n) is 1.33. The number of benzene rings is 1. The predicted molar refractivity (Wildman–Crippen MR) is 45.2 cm³/mol. The minimum absolute atomic E-state index is 0.381. The van der Waals surface area contributed by atoms with E-state index < -0.39 is 11.1 Å². The van der Waals surface area contributed by atoms with Crippen LogP contribution in [0.15, 0.2) is 23.1 Å². The van der Waals surface area contributed by atoms with E-state index in [1.54, 1.807) is 19.1 Å². The molecule has 2 nitrogen and oxygen atoms in total. The summed E-state index contributed by atoms with van der Waals surface area (Å²) < 4.78 is 19.2. The lowest BCUT2D eigenvalue weighted by Gasteiger charge is -1.98. The molecule has 1 rings (SSSR count). The topological polar surface area (TPSA) is 37.3 Å². The quantitative estimate of drug-likeness (QED) is 0.690. The average molecular weight is 191 g/mol. The highest BCUT2D eigenvalue weighted by atomic mass is 35.5. The SMILES string of the molecule is Cc1cc(S(=O)O)ccc1Cl. The molecule has 0 bridgehead atoms. The normalized spacial score (nSPS) is 13.0. The first-order valence-electron chi connectivity index (χ1n) is 2.98. The smallest absolute Gasteiger partial charge is 0.186 e. The monoisotopic (exact) mass is 190 g/mol. The molecule has 4 heteroatoms. The molecule has 0 fully saturated rings. The van der Waals surface area contributed by atoms with E-state index in [0.717, 1.165) is 5.56 Å². The minimum atomic E-state index is -1.91. The van der Waals surface area contributed by atoms with Crippen molar-refractivity contribution in [1.82, 2.24) is 0 Å². The molecular formula is C7H7ClO2S. The minimum Gasteiger partial charge on any atom is -0.302 e. The van der Waals surface area contributed by atoms with Crippen molar-refractivity contribution in [3.05, 3.63) is 28.8 Å². The van der Waals surface area contributed by atoms with E-state index in [1.165, 1.54) is 6.07 Å². The second-order valence-corrected chi connectivity index (χ2v) is 3.54. The van der Waals surface area contributed by atoms with Crippen molar-refractivity contribution in [2.75, 3.05) is 0 Å². The van der Waals surface area contributed by atoms with Crippen LogP contribution in [0.2, 0.25) is 5.02 Å². The Hall–Kier alpha value is -0.380. The van der Waals surface area contributed by atoms with Crippen LogP contribution in [-0.2, 0) is 11.1 Å². The molecule has 1 atom stereocenters. The fraction of sp³-hybridized carbons (Fsp3) is 0.143. The molecule has 0 saturated heterocycles. The highest BCUT2D eigenvalue weighted by Gasteiger charge is 2.01. The molecule has 0 radical (unpaired) electrons. The number of rotatable bonds is 1. The van der Waals surface area contributed by atoms with Crippen LogP contribution in [0.1, 0.15) is 5.56 Å². The second kappa shape index (κ2) is 3.34. The Kier molecular flexibility index (Phi) is 2.65. The fourth-order valence-corrected chi connectivity index (χ4v) is 1.31. The lowest BCUT2D eigenvalue weighted by molar-refractivity contribution is 0.564. The summed E-state index contributed by atoms with van der Waals surface area (Å²) in [6, 6.07) is 4.74. The maximum atomic E-state index is 10.5. The molecule has 0 aliphatic carbocycles. The number of hydrogen-bond acceptors (Lipinski definition) is 1. The van der Waals surface area contributed by atoms with E-state index in [4.69, 9.17) is 16.2 Å². The van der Waals surface area contributed by atoms with Gasteiger partial charge in [-0.15, -0.1) is 0 Å². The molecule has 0 heterocycles. The Morgan fingerprint density at radius 1 is 1.55 bits per heavy atom. The standard InChI is InChI=1S/C7H7ClO2S/c1-5-4-6(11(9)10)2-3-7(5)8/h2-4H,1H3,(H,9,10). The van der Waals surface area contributed by atoms with E-state index >= 15 is 0 Å². The van der Waals surface area contributed by atoms with Gasteiger partial charge in [0, 0.05) is 5.02 Å². The van der Waals surface area contributed by atoms with Gasteiger partial charge in [-0.3, -0.25) is 0 Å². The summed E-state index contributed by atoms with van der Waals surface area (Å²) in [4.78, 5) is 0.381. The highest BCUT2D eigenvalue weighted by Crippen LogP contribution is 2.17. The molecule has 0 saturated carbocycles. The van der Waals surface area contributed by atoms with Gasteiger partial charge in [0.05, 0.1) is 4.90 Å². The van der Waals surface area contributed by atoms with Crippen LogP contribution in [0.25, 0.3) is 0 Å². The van der Waals surface area contributed by atoms with Crippen molar-refractivity contribution in [2.24, 2.45) is 0 Å². The van der Waals surface area contributed by atoms with Gasteiger partial charge in [0.15, 0.2) is 11.1 Å². The average Bonchev–Trinajstić information content (AvgIpc) is 1.94. The molecule has 11 heavy (non-hydrogen) atoms. The molecule has 0 aliphatic rings. The van der Waals surface area contributed by atoms with Crippen LogP contribution in [0.5, 0.6) is 0 Å². The lowest BCUT2D eigenvalue weighted by Crippen LogP contribution is -1.88. The second-order valence-electron chi connectivity index (χ2n) is 2.16. The number of halogens is 1. The third-order valence-corrected chi connectivity index (χ3v) is 2.41. The van der Waals surface area contributed by atoms with Crippen LogP contribution < -0.4 is 0 Å². The van der Waals surface area contributed by atoms with E-state index in [-0.39, 0.29) is 0 Å². The maximum Gasteiger partial charge on any atom is 0.186 e. The van der Waals surface area contributed by atoms with Crippen LogP contribution in [0, 0.1) is 6.92 Å². The van der Waals surface area contributed by atoms with Gasteiger partial charge in [-0.05, 0) is 30.7 Å². The summed E-state index contributed by atoms with van der Waals surface area (Å²) in [5.41, 5.74) is 0.812. The molecule has 1 N–H and O–H groups in total. The van der Waals surface area contributed by atoms with E-state index in [1.807, 2.05) is 0 Å². The van der Waals surface area contributed by atoms with Crippen molar-refractivity contribution in [2.45, 2.75) is 11.8 Å². The molecular weight excluding hydrogens is 184 g/mol. The van der Waals surface area contributed by atoms with Gasteiger partial charge < -0.3 is 4.55 Å². The van der Waals surface area contributed by atoms with Gasteiger partial charge in [-0.1, -0.05) is 11.6 Å². The zero-order valence-corrected chi connectivity index (χ0v) is 7.45. The first-order valence-corrected chi connectivity index (χ1v) is 4.47. The van der Waals surface area contributed by atoms with Crippen molar-refractivity contribution < 1.29 is 8.76 Å². The van der Waals surface area contributed by atoms with Crippen molar-refractivity contribution in [3.8, 4) is 0 Å². The highest BCUT2D eigenvalue weighted by molar-refractivity contribution is 7.79. The predicted octanol–water partition coefficient (Wildman–Crippen LogP) is 2.23. The molecule has 60 valence electrons. The van der Waals surface area contributed by atoms with Gasteiger partial charge >= 0.3 is 0 Å². The van der Waals surface area contributed by atoms with Crippen molar-refractivity contribution in [1.29, 1.82) is 0 Å². The Morgan fingerprint density at radius 3 is 2.64 bits per heavy atom. The molecule has 0 spiro atoms. The molecule has 0 aliphatic heterocycles. The lowest BCUT2D eigenvalue weighted by atomic mass is 10.2. The Labute approximate surface area is 72.5 Å². The summed E-state index contributed by atoms with van der Waals surface area (Å²) >= 11 is 3.80. The van der Waals surface area contributed by atoms with Crippen LogP contribution in [0.4, 0.5) is 0 Å². The Bertz CT molecular complexity index is 298. The number of aryl methyl sites for hydroxylation is 1. The molecule has 1 aromatic rings. The summed E-state index contributed by atoms with van der Waals surface area (Å²) in [6.07, 6.45) is 0. The third kappa shape index (κ3) is 2.02. The Balaban J connectivity index is 3.15. The molecule has 0 aromatic heterocycles. The van der Waals surface area contributed by atoms with Crippen LogP contribution >= 0.6 is 11.6 Å². The van der Waals surface area contributed by atoms with E-state index in [0.29, 0.717) is 9.92 Å². The summed E-state index contributed by atoms with van der Waals surface area (Å²) in [7, 11) is 0. The van der Waals surface area contributed by atoms with Crippen LogP contribution in [-0.4, -0.2) is 8.76 Å². The van der Waals surface area contributed by atoms with Gasteiger partial charge in [0.2, 0.25) is 0 Å². The largest absolute Gasteiger partial charge is 0.302 e. The van der Waals surface area contributed by atoms with E-state index in [9.17, 15) is 4.21 Å². The molecule has 1 aromatic carbocycles. The van der Waals surface area contributed by atoms with Gasteiger partial charge in [0.25, 0.3) is 0 Å². The summed E-state index contributed by atoms with van der Waals surface area (Å²) in [6.45, 7) is 1.79. The van der Waals surface area contributed by atoms with E-state index in [2.05, 4.69) is 0 Å². The van der Waals surface area contributed by atoms with Gasteiger partial charge in [-0.2, -0.15) is 0 Å². The first-order chi connectivity index (χ1) is 5.11. The van der Waals surface area contributed by atoms with Crippen molar-refractivity contribution >= 4 is 22.7 Å². The fourth-order valence-electron chi connectivity index (χ4n) is 0.726. The zero-order valence-electron chi connectivity index (χ0n) is 5.87. The zero-order chi connectivity index (χ0) is 8.43. The van der Waals surface area contributed by atoms with Crippen molar-refractivity contribution in [3.63, 3.8) is 0 Å². The van der Waals surface area contributed by atoms with Crippen LogP contribution in [0.3, 0.4) is 0 Å². The molecule has 0 amide bonds. The first kappa shape index (κ1) is 8.71. The molecule has 1 unspecified atom stereocenters. The maximum absolute atomic E-state index is 10.5. The van der Waals surface area contributed by atoms with Gasteiger partial charge in [-0.25, -0.2) is 4.21 Å². The number of hydrogen-bond donors (Lipinski definition) is 1.